The highest BCUT2D eigenvalue weighted by molar-refractivity contribution is 7.13. The molecular formula is C23H26FN7OS. The van der Waals surface area contributed by atoms with Crippen LogP contribution in [0.25, 0.3) is 22.1 Å². The van der Waals surface area contributed by atoms with Crippen molar-refractivity contribution in [1.82, 2.24) is 29.0 Å². The van der Waals surface area contributed by atoms with Gasteiger partial charge in [0.15, 0.2) is 10.9 Å². The van der Waals surface area contributed by atoms with Crippen LogP contribution in [0.2, 0.25) is 0 Å². The summed E-state index contributed by atoms with van der Waals surface area (Å²) >= 11 is 1.34. The van der Waals surface area contributed by atoms with Crippen molar-refractivity contribution in [3.63, 3.8) is 0 Å². The lowest BCUT2D eigenvalue weighted by atomic mass is 10.2. The van der Waals surface area contributed by atoms with E-state index in [1.807, 2.05) is 11.6 Å². The molecule has 0 unspecified atom stereocenters. The predicted molar refractivity (Wildman–Crippen MR) is 126 cm³/mol. The molecule has 172 valence electrons. The molecule has 0 bridgehead atoms. The number of thiazole rings is 1. The molecule has 2 aliphatic rings. The van der Waals surface area contributed by atoms with Crippen molar-refractivity contribution < 1.29 is 9.18 Å². The van der Waals surface area contributed by atoms with Gasteiger partial charge in [-0.2, -0.15) is 0 Å². The van der Waals surface area contributed by atoms with Gasteiger partial charge in [-0.05, 0) is 38.7 Å². The molecule has 4 aromatic heterocycles. The van der Waals surface area contributed by atoms with Crippen LogP contribution < -0.4 is 5.32 Å². The number of amides is 1. The number of nitrogens with one attached hydrogen (secondary N) is 1. The highest BCUT2D eigenvalue weighted by Gasteiger charge is 2.42. The lowest BCUT2D eigenvalue weighted by Gasteiger charge is -2.22. The molecule has 4 heterocycles. The highest BCUT2D eigenvalue weighted by Crippen LogP contribution is 2.38. The van der Waals surface area contributed by atoms with Crippen molar-refractivity contribution in [2.45, 2.75) is 64.3 Å². The third-order valence-electron chi connectivity index (χ3n) is 6.52. The van der Waals surface area contributed by atoms with Crippen LogP contribution in [0.1, 0.15) is 44.0 Å². The Labute approximate surface area is 194 Å². The Balaban J connectivity index is 1.42. The summed E-state index contributed by atoms with van der Waals surface area (Å²) in [7, 11) is 1.96. The van der Waals surface area contributed by atoms with Crippen LogP contribution in [0.5, 0.6) is 0 Å². The molecule has 33 heavy (non-hydrogen) atoms. The Kier molecular flexibility index (Phi) is 4.86. The summed E-state index contributed by atoms with van der Waals surface area (Å²) in [4.78, 5) is 29.2. The molecule has 0 spiro atoms. The standard InChI is InChI=1S/C23H26FN7OS/c1-3-30-16(9-18(32)31(14-4-5-14)15-6-7-15)8-17-20-19(25-12-29(20)2)21(27-22(17)30)28-23-26-13(10-24)11-33-23/h8,11-12,14-15H,3-7,9-10H2,1-2H3,(H,26,27,28). The summed E-state index contributed by atoms with van der Waals surface area (Å²) in [6.45, 7) is 2.18. The van der Waals surface area contributed by atoms with Gasteiger partial charge in [0.1, 0.15) is 17.8 Å². The van der Waals surface area contributed by atoms with Gasteiger partial charge in [0.25, 0.3) is 0 Å². The number of aryl methyl sites for hydroxylation is 2. The zero-order valence-corrected chi connectivity index (χ0v) is 19.5. The summed E-state index contributed by atoms with van der Waals surface area (Å²) in [5.41, 5.74) is 3.86. The van der Waals surface area contributed by atoms with Crippen molar-refractivity contribution >= 4 is 50.3 Å². The molecule has 10 heteroatoms. The largest absolute Gasteiger partial charge is 0.336 e. The number of halogens is 1. The average Bonchev–Trinajstić information content (AvgIpc) is 3.71. The number of carbonyl (C=O) groups is 1. The van der Waals surface area contributed by atoms with E-state index in [9.17, 15) is 9.18 Å². The molecule has 0 aromatic carbocycles. The van der Waals surface area contributed by atoms with E-state index in [0.29, 0.717) is 41.7 Å². The first kappa shape index (κ1) is 20.6. The smallest absolute Gasteiger partial charge is 0.229 e. The van der Waals surface area contributed by atoms with Gasteiger partial charge in [0, 0.05) is 42.1 Å². The molecule has 0 aliphatic heterocycles. The number of rotatable bonds is 8. The lowest BCUT2D eigenvalue weighted by molar-refractivity contribution is -0.131. The lowest BCUT2D eigenvalue weighted by Crippen LogP contribution is -2.36. The van der Waals surface area contributed by atoms with Gasteiger partial charge in [-0.3, -0.25) is 4.79 Å². The van der Waals surface area contributed by atoms with Crippen LogP contribution in [0, 0.1) is 0 Å². The molecule has 8 nitrogen and oxygen atoms in total. The molecule has 2 aliphatic carbocycles. The van der Waals surface area contributed by atoms with Gasteiger partial charge < -0.3 is 19.4 Å². The molecule has 6 rings (SSSR count). The first-order valence-electron chi connectivity index (χ1n) is 11.5. The topological polar surface area (TPSA) is 80.9 Å². The third kappa shape index (κ3) is 3.56. The van der Waals surface area contributed by atoms with Crippen LogP contribution in [-0.4, -0.2) is 47.0 Å². The molecule has 1 N–H and O–H groups in total. The first-order chi connectivity index (χ1) is 16.1. The Morgan fingerprint density at radius 2 is 2.03 bits per heavy atom. The van der Waals surface area contributed by atoms with E-state index in [-0.39, 0.29) is 5.91 Å². The van der Waals surface area contributed by atoms with Crippen LogP contribution in [-0.2, 0) is 31.5 Å². The number of alkyl halides is 1. The van der Waals surface area contributed by atoms with E-state index in [4.69, 9.17) is 4.98 Å². The van der Waals surface area contributed by atoms with E-state index < -0.39 is 6.67 Å². The Bertz CT molecular complexity index is 1350. The van der Waals surface area contributed by atoms with Crippen LogP contribution >= 0.6 is 11.3 Å². The van der Waals surface area contributed by atoms with Gasteiger partial charge in [-0.1, -0.05) is 0 Å². The normalized spacial score (nSPS) is 16.1. The average molecular weight is 468 g/mol. The van der Waals surface area contributed by atoms with Crippen molar-refractivity contribution in [2.24, 2.45) is 7.05 Å². The Hall–Kier alpha value is -3.01. The Morgan fingerprint density at radius 3 is 2.67 bits per heavy atom. The van der Waals surface area contributed by atoms with Gasteiger partial charge in [-0.15, -0.1) is 11.3 Å². The maximum atomic E-state index is 13.3. The molecule has 0 radical (unpaired) electrons. The second-order valence-electron chi connectivity index (χ2n) is 8.97. The molecule has 2 fully saturated rings. The highest BCUT2D eigenvalue weighted by atomic mass is 32.1. The fourth-order valence-corrected chi connectivity index (χ4v) is 5.42. The Morgan fingerprint density at radius 1 is 1.27 bits per heavy atom. The zero-order chi connectivity index (χ0) is 22.7. The van der Waals surface area contributed by atoms with Crippen LogP contribution in [0.15, 0.2) is 17.8 Å². The zero-order valence-electron chi connectivity index (χ0n) is 18.7. The maximum Gasteiger partial charge on any atom is 0.229 e. The van der Waals surface area contributed by atoms with Gasteiger partial charge in [0.2, 0.25) is 5.91 Å². The molecule has 0 atom stereocenters. The van der Waals surface area contributed by atoms with E-state index in [1.54, 1.807) is 11.7 Å². The number of anilines is 2. The van der Waals surface area contributed by atoms with Gasteiger partial charge in [-0.25, -0.2) is 19.3 Å². The van der Waals surface area contributed by atoms with Crippen molar-refractivity contribution in [1.29, 1.82) is 0 Å². The number of hydrogen-bond donors (Lipinski definition) is 1. The predicted octanol–water partition coefficient (Wildman–Crippen LogP) is 4.31. The number of nitrogens with zero attached hydrogens (tertiary/aromatic N) is 6. The van der Waals surface area contributed by atoms with E-state index in [2.05, 4.69) is 37.7 Å². The SMILES string of the molecule is CCn1c(CC(=O)N(C2CC2)C2CC2)cc2c3c(ncn3C)c(Nc3nc(CF)cs3)nc21. The molecule has 0 saturated heterocycles. The van der Waals surface area contributed by atoms with Crippen LogP contribution in [0.4, 0.5) is 15.3 Å². The minimum Gasteiger partial charge on any atom is -0.336 e. The monoisotopic (exact) mass is 467 g/mol. The fourth-order valence-electron chi connectivity index (χ4n) is 4.74. The van der Waals surface area contributed by atoms with Crippen LogP contribution in [0.3, 0.4) is 0 Å². The number of fused-ring (bicyclic) bond motifs is 3. The van der Waals surface area contributed by atoms with Crippen molar-refractivity contribution in [3.8, 4) is 0 Å². The van der Waals surface area contributed by atoms with E-state index in [0.717, 1.165) is 53.4 Å². The second kappa shape index (κ2) is 7.79. The minimum atomic E-state index is -0.599. The molecule has 4 aromatic rings. The fraction of sp³-hybridized carbons (Fsp3) is 0.478. The molecule has 2 saturated carbocycles. The molecule has 1 amide bonds. The first-order valence-corrected chi connectivity index (χ1v) is 12.4. The van der Waals surface area contributed by atoms with Crippen molar-refractivity contribution in [2.75, 3.05) is 5.32 Å². The third-order valence-corrected chi connectivity index (χ3v) is 7.33. The second-order valence-corrected chi connectivity index (χ2v) is 9.83. The molecular weight excluding hydrogens is 441 g/mol. The van der Waals surface area contributed by atoms with Gasteiger partial charge >= 0.3 is 0 Å². The number of pyridine rings is 1. The number of carbonyl (C=O) groups excluding carboxylic acids is 1. The number of hydrogen-bond acceptors (Lipinski definition) is 6. The maximum absolute atomic E-state index is 13.3. The van der Waals surface area contributed by atoms with E-state index >= 15 is 0 Å². The summed E-state index contributed by atoms with van der Waals surface area (Å²) in [5.74, 6) is 0.805. The summed E-state index contributed by atoms with van der Waals surface area (Å²) in [5, 5.41) is 6.49. The summed E-state index contributed by atoms with van der Waals surface area (Å²) < 4.78 is 17.1. The summed E-state index contributed by atoms with van der Waals surface area (Å²) in [6.07, 6.45) is 6.67. The van der Waals surface area contributed by atoms with Crippen molar-refractivity contribution in [3.05, 3.63) is 29.2 Å². The van der Waals surface area contributed by atoms with Gasteiger partial charge in [0.05, 0.1) is 24.0 Å². The number of imidazole rings is 1. The quantitative estimate of drug-likeness (QED) is 0.418. The number of aromatic nitrogens is 5. The van der Waals surface area contributed by atoms with E-state index in [1.165, 1.54) is 11.3 Å². The minimum absolute atomic E-state index is 0.221. The summed E-state index contributed by atoms with van der Waals surface area (Å²) in [6, 6.07) is 2.98.